The summed E-state index contributed by atoms with van der Waals surface area (Å²) in [5.74, 6) is 1.00. The molecule has 0 aromatic carbocycles. The Bertz CT molecular complexity index is 357. The largest absolute Gasteiger partial charge is 0.376 e. The fraction of sp³-hybridized carbons (Fsp3) is 0.818. The quantitative estimate of drug-likeness (QED) is 0.850. The third-order valence-electron chi connectivity index (χ3n) is 3.23. The minimum Gasteiger partial charge on any atom is -0.376 e. The van der Waals surface area contributed by atoms with E-state index in [0.717, 1.165) is 12.8 Å². The highest BCUT2D eigenvalue weighted by Gasteiger charge is 2.32. The summed E-state index contributed by atoms with van der Waals surface area (Å²) in [6, 6.07) is 0. The summed E-state index contributed by atoms with van der Waals surface area (Å²) < 4.78 is 16.1. The summed E-state index contributed by atoms with van der Waals surface area (Å²) in [6.07, 6.45) is 1.28. The smallest absolute Gasteiger partial charge is 0.246 e. The lowest BCUT2D eigenvalue weighted by Gasteiger charge is -2.21. The molecule has 1 aromatic heterocycles. The normalized spacial score (nSPS) is 21.7. The first-order valence-electron chi connectivity index (χ1n) is 6.02. The summed E-state index contributed by atoms with van der Waals surface area (Å²) in [5, 5.41) is 3.93. The third-order valence-corrected chi connectivity index (χ3v) is 3.23. The van der Waals surface area contributed by atoms with Crippen LogP contribution in [-0.2, 0) is 15.0 Å². The van der Waals surface area contributed by atoms with Gasteiger partial charge in [0.15, 0.2) is 0 Å². The first-order valence-corrected chi connectivity index (χ1v) is 6.02. The molecule has 0 bridgehead atoms. The van der Waals surface area contributed by atoms with Gasteiger partial charge in [-0.2, -0.15) is 4.98 Å². The van der Waals surface area contributed by atoms with E-state index in [0.29, 0.717) is 31.5 Å². The number of rotatable bonds is 4. The molecule has 0 spiro atoms. The van der Waals surface area contributed by atoms with Crippen molar-refractivity contribution in [1.29, 1.82) is 0 Å². The van der Waals surface area contributed by atoms with Crippen LogP contribution in [0.1, 0.15) is 44.5 Å². The topological polar surface area (TPSA) is 83.4 Å². The number of aromatic nitrogens is 2. The molecule has 2 heterocycles. The van der Waals surface area contributed by atoms with Gasteiger partial charge >= 0.3 is 0 Å². The summed E-state index contributed by atoms with van der Waals surface area (Å²) >= 11 is 0. The van der Waals surface area contributed by atoms with Crippen LogP contribution in [0.4, 0.5) is 0 Å². The van der Waals surface area contributed by atoms with Gasteiger partial charge in [-0.05, 0) is 12.8 Å². The van der Waals surface area contributed by atoms with Gasteiger partial charge in [0.2, 0.25) is 11.7 Å². The summed E-state index contributed by atoms with van der Waals surface area (Å²) in [4.78, 5) is 4.34. The molecule has 96 valence electrons. The zero-order valence-electron chi connectivity index (χ0n) is 10.3. The highest BCUT2D eigenvalue weighted by Crippen LogP contribution is 2.26. The number of ether oxygens (including phenoxy) is 2. The fourth-order valence-corrected chi connectivity index (χ4v) is 1.76. The molecule has 17 heavy (non-hydrogen) atoms. The molecule has 0 amide bonds. The van der Waals surface area contributed by atoms with Gasteiger partial charge in [-0.25, -0.2) is 0 Å². The van der Waals surface area contributed by atoms with Gasteiger partial charge in [0.1, 0.15) is 6.10 Å². The highest BCUT2D eigenvalue weighted by molar-refractivity contribution is 5.03. The van der Waals surface area contributed by atoms with Gasteiger partial charge < -0.3 is 19.7 Å². The van der Waals surface area contributed by atoms with E-state index < -0.39 is 5.54 Å². The first-order chi connectivity index (χ1) is 8.19. The second-order valence-electron chi connectivity index (χ2n) is 4.26. The fourth-order valence-electron chi connectivity index (χ4n) is 1.76. The van der Waals surface area contributed by atoms with Crippen LogP contribution in [0, 0.1) is 0 Å². The van der Waals surface area contributed by atoms with Crippen molar-refractivity contribution < 1.29 is 14.0 Å². The van der Waals surface area contributed by atoms with Crippen LogP contribution in [0.5, 0.6) is 0 Å². The van der Waals surface area contributed by atoms with Crippen LogP contribution >= 0.6 is 0 Å². The van der Waals surface area contributed by atoms with Crippen molar-refractivity contribution in [3.8, 4) is 0 Å². The van der Waals surface area contributed by atoms with Crippen LogP contribution in [-0.4, -0.2) is 30.0 Å². The minimum absolute atomic E-state index is 0.237. The van der Waals surface area contributed by atoms with Crippen LogP contribution < -0.4 is 5.73 Å². The Balaban J connectivity index is 2.14. The summed E-state index contributed by atoms with van der Waals surface area (Å²) in [7, 11) is 0. The maximum absolute atomic E-state index is 6.19. The highest BCUT2D eigenvalue weighted by atomic mass is 16.6. The van der Waals surface area contributed by atoms with Crippen molar-refractivity contribution in [3.05, 3.63) is 11.7 Å². The van der Waals surface area contributed by atoms with E-state index in [2.05, 4.69) is 10.1 Å². The Morgan fingerprint density at radius 2 is 2.12 bits per heavy atom. The average molecular weight is 241 g/mol. The molecule has 2 N–H and O–H groups in total. The molecule has 1 fully saturated rings. The van der Waals surface area contributed by atoms with E-state index in [9.17, 15) is 0 Å². The third kappa shape index (κ3) is 2.48. The minimum atomic E-state index is -0.541. The number of hydrogen-bond donors (Lipinski definition) is 1. The molecule has 1 aliphatic rings. The molecule has 6 heteroatoms. The molecule has 1 atom stereocenters. The SMILES string of the molecule is CCC(N)(CC)c1nc(C2COCCO2)no1. The number of nitrogens with zero attached hydrogens (tertiary/aromatic N) is 2. The molecule has 0 aliphatic carbocycles. The Hall–Kier alpha value is -0.980. The number of nitrogens with two attached hydrogens (primary N) is 1. The first kappa shape index (κ1) is 12.5. The summed E-state index contributed by atoms with van der Waals surface area (Å²) in [6.45, 7) is 5.66. The van der Waals surface area contributed by atoms with Gasteiger partial charge in [0.25, 0.3) is 0 Å². The molecule has 1 aliphatic heterocycles. The van der Waals surface area contributed by atoms with Crippen LogP contribution in [0.15, 0.2) is 4.52 Å². The van der Waals surface area contributed by atoms with Crippen molar-refractivity contribution in [2.24, 2.45) is 5.73 Å². The van der Waals surface area contributed by atoms with Gasteiger partial charge in [0.05, 0.1) is 25.4 Å². The Morgan fingerprint density at radius 1 is 1.35 bits per heavy atom. The maximum atomic E-state index is 6.19. The zero-order chi connectivity index (χ0) is 12.3. The van der Waals surface area contributed by atoms with E-state index >= 15 is 0 Å². The van der Waals surface area contributed by atoms with Crippen molar-refractivity contribution >= 4 is 0 Å². The maximum Gasteiger partial charge on any atom is 0.246 e. The van der Waals surface area contributed by atoms with Crippen LogP contribution in [0.3, 0.4) is 0 Å². The van der Waals surface area contributed by atoms with Crippen molar-refractivity contribution in [2.45, 2.75) is 38.3 Å². The molecule has 0 saturated carbocycles. The Labute approximate surface area is 100 Å². The van der Waals surface area contributed by atoms with Crippen LogP contribution in [0.25, 0.3) is 0 Å². The molecule has 0 radical (unpaired) electrons. The zero-order valence-corrected chi connectivity index (χ0v) is 10.3. The van der Waals surface area contributed by atoms with Crippen molar-refractivity contribution in [2.75, 3.05) is 19.8 Å². The van der Waals surface area contributed by atoms with Gasteiger partial charge in [-0.15, -0.1) is 0 Å². The predicted molar refractivity (Wildman–Crippen MR) is 60.3 cm³/mol. The molecule has 2 rings (SSSR count). The lowest BCUT2D eigenvalue weighted by atomic mass is 9.94. The van der Waals surface area contributed by atoms with Gasteiger partial charge in [-0.3, -0.25) is 0 Å². The van der Waals surface area contributed by atoms with E-state index in [1.54, 1.807) is 0 Å². The Morgan fingerprint density at radius 3 is 2.71 bits per heavy atom. The number of hydrogen-bond acceptors (Lipinski definition) is 6. The summed E-state index contributed by atoms with van der Waals surface area (Å²) in [5.41, 5.74) is 5.65. The lowest BCUT2D eigenvalue weighted by Crippen LogP contribution is -2.35. The van der Waals surface area contributed by atoms with Crippen molar-refractivity contribution in [1.82, 2.24) is 10.1 Å². The van der Waals surface area contributed by atoms with Gasteiger partial charge in [-0.1, -0.05) is 19.0 Å². The lowest BCUT2D eigenvalue weighted by molar-refractivity contribution is -0.0941. The average Bonchev–Trinajstić information content (AvgIpc) is 2.89. The van der Waals surface area contributed by atoms with Gasteiger partial charge in [0, 0.05) is 0 Å². The molecule has 1 aromatic rings. The second-order valence-corrected chi connectivity index (χ2v) is 4.26. The standard InChI is InChI=1S/C11H19N3O3/c1-3-11(12,4-2)10-13-9(14-17-10)8-7-15-5-6-16-8/h8H,3-7,12H2,1-2H3. The van der Waals surface area contributed by atoms with Crippen molar-refractivity contribution in [3.63, 3.8) is 0 Å². The molecule has 6 nitrogen and oxygen atoms in total. The molecular weight excluding hydrogens is 222 g/mol. The van der Waals surface area contributed by atoms with Crippen LogP contribution in [0.2, 0.25) is 0 Å². The van der Waals surface area contributed by atoms with E-state index in [1.165, 1.54) is 0 Å². The monoisotopic (exact) mass is 241 g/mol. The van der Waals surface area contributed by atoms with E-state index in [-0.39, 0.29) is 6.10 Å². The second kappa shape index (κ2) is 5.12. The molecule has 1 saturated heterocycles. The predicted octanol–water partition coefficient (Wildman–Crippen LogP) is 1.13. The molecule has 1 unspecified atom stereocenters. The Kier molecular flexibility index (Phi) is 3.76. The van der Waals surface area contributed by atoms with E-state index in [4.69, 9.17) is 19.7 Å². The molecular formula is C11H19N3O3. The van der Waals surface area contributed by atoms with E-state index in [1.807, 2.05) is 13.8 Å².